The minimum Gasteiger partial charge on any atom is -0.444 e. The van der Waals surface area contributed by atoms with Crippen molar-refractivity contribution >= 4 is 21.8 Å². The van der Waals surface area contributed by atoms with Gasteiger partial charge in [0, 0.05) is 32.4 Å². The summed E-state index contributed by atoms with van der Waals surface area (Å²) in [6, 6.07) is 15.1. The first-order valence-electron chi connectivity index (χ1n) is 12.9. The van der Waals surface area contributed by atoms with E-state index in [2.05, 4.69) is 10.6 Å². The van der Waals surface area contributed by atoms with Gasteiger partial charge in [-0.2, -0.15) is 4.31 Å². The molecule has 0 heterocycles. The smallest absolute Gasteiger partial charge is 0.407 e. The first-order chi connectivity index (χ1) is 17.8. The molecule has 9 nitrogen and oxygen atoms in total. The van der Waals surface area contributed by atoms with Crippen LogP contribution in [0.4, 0.5) is 10.5 Å². The Morgan fingerprint density at radius 2 is 1.66 bits per heavy atom. The Labute approximate surface area is 227 Å². The van der Waals surface area contributed by atoms with Crippen molar-refractivity contribution in [1.82, 2.24) is 9.62 Å². The number of sulfonamides is 1. The molecule has 38 heavy (non-hydrogen) atoms. The van der Waals surface area contributed by atoms with Crippen LogP contribution in [0, 0.1) is 5.92 Å². The van der Waals surface area contributed by atoms with Gasteiger partial charge in [0.2, 0.25) is 10.0 Å². The monoisotopic (exact) mass is 549 g/mol. The summed E-state index contributed by atoms with van der Waals surface area (Å²) in [5.74, 6) is 0.0124. The van der Waals surface area contributed by atoms with Crippen molar-refractivity contribution in [3.63, 3.8) is 0 Å². The van der Waals surface area contributed by atoms with Gasteiger partial charge in [0.05, 0.1) is 23.6 Å². The van der Waals surface area contributed by atoms with E-state index in [-0.39, 0.29) is 23.9 Å². The highest BCUT2D eigenvalue weighted by atomic mass is 32.2. The van der Waals surface area contributed by atoms with Gasteiger partial charge < -0.3 is 25.2 Å². The second-order valence-electron chi connectivity index (χ2n) is 10.7. The van der Waals surface area contributed by atoms with Crippen molar-refractivity contribution in [2.45, 2.75) is 63.7 Å². The fraction of sp³-hybridized carbons (Fsp3) is 0.536. The third-order valence-electron chi connectivity index (χ3n) is 5.55. The van der Waals surface area contributed by atoms with Gasteiger partial charge in [0.1, 0.15) is 5.60 Å². The highest BCUT2D eigenvalue weighted by Crippen LogP contribution is 2.21. The predicted octanol–water partition coefficient (Wildman–Crippen LogP) is 3.89. The van der Waals surface area contributed by atoms with Crippen LogP contribution in [0.3, 0.4) is 0 Å². The first kappa shape index (κ1) is 31.6. The maximum atomic E-state index is 13.6. The molecule has 0 radical (unpaired) electrons. The third kappa shape index (κ3) is 10.6. The highest BCUT2D eigenvalue weighted by molar-refractivity contribution is 7.89. The molecule has 3 N–H and O–H groups in total. The lowest BCUT2D eigenvalue weighted by Crippen LogP contribution is -2.51. The topological polar surface area (TPSA) is 117 Å². The molecule has 0 aliphatic rings. The molecule has 0 aromatic heterocycles. The second kappa shape index (κ2) is 14.5. The van der Waals surface area contributed by atoms with E-state index in [4.69, 9.17) is 9.47 Å². The van der Waals surface area contributed by atoms with E-state index >= 15 is 0 Å². The van der Waals surface area contributed by atoms with Gasteiger partial charge in [0.15, 0.2) is 0 Å². The molecule has 0 saturated heterocycles. The van der Waals surface area contributed by atoms with Crippen LogP contribution in [0.15, 0.2) is 59.5 Å². The number of nitrogens with zero attached hydrogens (tertiary/aromatic N) is 1. The normalized spacial score (nSPS) is 13.8. The van der Waals surface area contributed by atoms with Gasteiger partial charge in [0.25, 0.3) is 0 Å². The zero-order chi connectivity index (χ0) is 28.3. The number of carbonyl (C=O) groups is 1. The lowest BCUT2D eigenvalue weighted by atomic mass is 10.0. The average molecular weight is 550 g/mol. The second-order valence-corrected chi connectivity index (χ2v) is 12.6. The maximum absolute atomic E-state index is 13.6. The van der Waals surface area contributed by atoms with Crippen LogP contribution >= 0.6 is 0 Å². The van der Waals surface area contributed by atoms with E-state index in [1.54, 1.807) is 52.1 Å². The number of ether oxygens (including phenoxy) is 2. The lowest BCUT2D eigenvalue weighted by molar-refractivity contribution is 0.0400. The van der Waals surface area contributed by atoms with E-state index in [1.807, 2.05) is 44.2 Å². The number of amides is 1. The van der Waals surface area contributed by atoms with Gasteiger partial charge in [-0.15, -0.1) is 0 Å². The summed E-state index contributed by atoms with van der Waals surface area (Å²) in [7, 11) is -2.31. The number of alkyl carbamates (subject to hydrolysis) is 1. The molecule has 10 heteroatoms. The Hall–Kier alpha value is -2.66. The molecule has 0 bridgehead atoms. The van der Waals surface area contributed by atoms with E-state index in [0.29, 0.717) is 19.6 Å². The van der Waals surface area contributed by atoms with Gasteiger partial charge in [-0.25, -0.2) is 13.2 Å². The number of methoxy groups -OCH3 is 1. The summed E-state index contributed by atoms with van der Waals surface area (Å²) in [6.07, 6.45) is -1.56. The molecular formula is C28H43N3O6S. The molecule has 0 aliphatic heterocycles. The third-order valence-corrected chi connectivity index (χ3v) is 7.40. The standard InChI is InChI=1S/C28H43N3O6S/c1-21(2)19-31(38(34,35)24-14-12-23(13-15-24)29-16-17-36-6)20-26(32)25(18-22-10-8-7-9-11-22)30-27(33)37-28(3,4)5/h7-15,21,25-26,29,32H,16-20H2,1-6H3,(H,30,33)/t25-,26?/m0/s1. The molecule has 2 aromatic carbocycles. The van der Waals surface area contributed by atoms with Crippen molar-refractivity contribution in [1.29, 1.82) is 0 Å². The minimum absolute atomic E-state index is 0.0124. The summed E-state index contributed by atoms with van der Waals surface area (Å²) < 4.78 is 39.0. The number of nitrogens with one attached hydrogen (secondary N) is 2. The van der Waals surface area contributed by atoms with Crippen molar-refractivity contribution in [3.05, 3.63) is 60.2 Å². The highest BCUT2D eigenvalue weighted by Gasteiger charge is 2.32. The van der Waals surface area contributed by atoms with Crippen LogP contribution in [-0.4, -0.2) is 75.0 Å². The summed E-state index contributed by atoms with van der Waals surface area (Å²) in [5, 5.41) is 17.2. The van der Waals surface area contributed by atoms with Crippen LogP contribution in [-0.2, 0) is 25.9 Å². The zero-order valence-electron chi connectivity index (χ0n) is 23.3. The number of anilines is 1. The van der Waals surface area contributed by atoms with Gasteiger partial charge >= 0.3 is 6.09 Å². The van der Waals surface area contributed by atoms with Crippen LogP contribution in [0.25, 0.3) is 0 Å². The van der Waals surface area contributed by atoms with E-state index in [9.17, 15) is 18.3 Å². The summed E-state index contributed by atoms with van der Waals surface area (Å²) in [4.78, 5) is 12.7. The quantitative estimate of drug-likeness (QED) is 0.306. The lowest BCUT2D eigenvalue weighted by Gasteiger charge is -2.31. The first-order valence-corrected chi connectivity index (χ1v) is 14.3. The molecule has 1 amide bonds. The number of rotatable bonds is 14. The summed E-state index contributed by atoms with van der Waals surface area (Å²) in [6.45, 7) is 10.2. The van der Waals surface area contributed by atoms with Crippen molar-refractivity contribution in [2.24, 2.45) is 5.92 Å². The molecule has 0 aliphatic carbocycles. The molecule has 2 aromatic rings. The number of hydrogen-bond donors (Lipinski definition) is 3. The molecule has 2 atom stereocenters. The number of aliphatic hydroxyl groups is 1. The Kier molecular flexibility index (Phi) is 12.0. The maximum Gasteiger partial charge on any atom is 0.407 e. The molecule has 2 rings (SSSR count). The Bertz CT molecular complexity index is 1090. The molecular weight excluding hydrogens is 506 g/mol. The van der Waals surface area contributed by atoms with Crippen LogP contribution < -0.4 is 10.6 Å². The minimum atomic E-state index is -3.92. The summed E-state index contributed by atoms with van der Waals surface area (Å²) in [5.41, 5.74) is 0.951. The van der Waals surface area contributed by atoms with Gasteiger partial charge in [-0.3, -0.25) is 0 Å². The van der Waals surface area contributed by atoms with Crippen molar-refractivity contribution in [3.8, 4) is 0 Å². The number of carbonyl (C=O) groups excluding carboxylic acids is 1. The van der Waals surface area contributed by atoms with Crippen LogP contribution in [0.2, 0.25) is 0 Å². The molecule has 1 unspecified atom stereocenters. The average Bonchev–Trinajstić information content (AvgIpc) is 2.83. The molecule has 0 fully saturated rings. The number of aliphatic hydroxyl groups excluding tert-OH is 1. The van der Waals surface area contributed by atoms with E-state index < -0.39 is 33.9 Å². The Balaban J connectivity index is 2.27. The SMILES string of the molecule is COCCNc1ccc(S(=O)(=O)N(CC(C)C)CC(O)[C@H](Cc2ccccc2)NC(=O)OC(C)(C)C)cc1. The number of hydrogen-bond acceptors (Lipinski definition) is 7. The van der Waals surface area contributed by atoms with Gasteiger partial charge in [-0.05, 0) is 62.9 Å². The largest absolute Gasteiger partial charge is 0.444 e. The molecule has 212 valence electrons. The van der Waals surface area contributed by atoms with Crippen molar-refractivity contribution < 1.29 is 27.8 Å². The summed E-state index contributed by atoms with van der Waals surface area (Å²) >= 11 is 0. The van der Waals surface area contributed by atoms with Gasteiger partial charge in [-0.1, -0.05) is 44.2 Å². The predicted molar refractivity (Wildman–Crippen MR) is 150 cm³/mol. The Morgan fingerprint density at radius 1 is 1.03 bits per heavy atom. The van der Waals surface area contributed by atoms with E-state index in [1.165, 1.54) is 4.31 Å². The van der Waals surface area contributed by atoms with Crippen LogP contribution in [0.1, 0.15) is 40.2 Å². The fourth-order valence-electron chi connectivity index (χ4n) is 3.82. The number of benzene rings is 2. The fourth-order valence-corrected chi connectivity index (χ4v) is 5.44. The van der Waals surface area contributed by atoms with Crippen molar-refractivity contribution in [2.75, 3.05) is 38.7 Å². The zero-order valence-corrected chi connectivity index (χ0v) is 24.1. The van der Waals surface area contributed by atoms with Crippen LogP contribution in [0.5, 0.6) is 0 Å². The van der Waals surface area contributed by atoms with E-state index in [0.717, 1.165) is 11.3 Å². The molecule has 0 saturated carbocycles. The molecule has 0 spiro atoms. The Morgan fingerprint density at radius 3 is 2.21 bits per heavy atom.